The van der Waals surface area contributed by atoms with Gasteiger partial charge in [-0.25, -0.2) is 9.59 Å². The average molecular weight is 669 g/mol. The Morgan fingerprint density at radius 3 is 1.67 bits per heavy atom. The zero-order chi connectivity index (χ0) is 35.2. The minimum atomic E-state index is -2.29. The molecule has 1 spiro atoms. The van der Waals surface area contributed by atoms with Gasteiger partial charge in [0.1, 0.15) is 29.3 Å². The lowest BCUT2D eigenvalue weighted by Crippen LogP contribution is -2.85. The van der Waals surface area contributed by atoms with Crippen LogP contribution in [0, 0.1) is 11.3 Å². The molecule has 0 amide bonds. The van der Waals surface area contributed by atoms with E-state index in [2.05, 4.69) is 0 Å². The van der Waals surface area contributed by atoms with Crippen molar-refractivity contribution < 1.29 is 62.6 Å². The molecule has 2 N–H and O–H groups in total. The third-order valence-electron chi connectivity index (χ3n) is 9.71. The van der Waals surface area contributed by atoms with Crippen LogP contribution >= 0.6 is 0 Å². The second-order valence-corrected chi connectivity index (χ2v) is 13.3. The van der Waals surface area contributed by atoms with Crippen molar-refractivity contribution in [2.45, 2.75) is 95.3 Å². The topological polar surface area (TPSA) is 181 Å². The number of hydrogen-bond donors (Lipinski definition) is 2. The van der Waals surface area contributed by atoms with Crippen LogP contribution in [-0.2, 0) is 42.8 Å². The summed E-state index contributed by atoms with van der Waals surface area (Å²) in [6, 6.07) is 15.8. The van der Waals surface area contributed by atoms with E-state index in [9.17, 15) is 34.2 Å². The molecule has 3 aliphatic rings. The fourth-order valence-electron chi connectivity index (χ4n) is 8.19. The van der Waals surface area contributed by atoms with Gasteiger partial charge in [0.15, 0.2) is 12.2 Å². The van der Waals surface area contributed by atoms with E-state index >= 15 is 0 Å². The summed E-state index contributed by atoms with van der Waals surface area (Å²) in [5.74, 6) is -5.38. The van der Waals surface area contributed by atoms with E-state index < -0.39 is 102 Å². The van der Waals surface area contributed by atoms with Crippen molar-refractivity contribution in [2.75, 3.05) is 6.61 Å². The molecule has 1 heterocycles. The summed E-state index contributed by atoms with van der Waals surface area (Å²) in [5, 5.41) is 24.2. The van der Waals surface area contributed by atoms with Gasteiger partial charge in [-0.05, 0) is 45.0 Å². The van der Waals surface area contributed by atoms with Crippen LogP contribution in [0.5, 0.6) is 0 Å². The number of carbonyl (C=O) groups excluding carboxylic acids is 5. The maximum Gasteiger partial charge on any atom is 0.338 e. The highest BCUT2D eigenvalue weighted by Gasteiger charge is 2.88. The first-order chi connectivity index (χ1) is 22.5. The predicted molar refractivity (Wildman–Crippen MR) is 164 cm³/mol. The average Bonchev–Trinajstić information content (AvgIpc) is 3.21. The van der Waals surface area contributed by atoms with Crippen LogP contribution in [0.1, 0.15) is 68.7 Å². The van der Waals surface area contributed by atoms with Gasteiger partial charge in [-0.1, -0.05) is 36.4 Å². The van der Waals surface area contributed by atoms with Crippen LogP contribution in [0.25, 0.3) is 0 Å². The minimum Gasteiger partial charge on any atom is -0.459 e. The van der Waals surface area contributed by atoms with Crippen molar-refractivity contribution >= 4 is 29.8 Å². The minimum absolute atomic E-state index is 0.0885. The fraction of sp³-hybridized carbons (Fsp3) is 0.514. The van der Waals surface area contributed by atoms with Crippen molar-refractivity contribution in [1.29, 1.82) is 0 Å². The second kappa shape index (κ2) is 12.6. The molecular weight excluding hydrogens is 628 g/mol. The lowest BCUT2D eigenvalue weighted by Gasteiger charge is -2.66. The second-order valence-electron chi connectivity index (χ2n) is 13.3. The molecule has 5 rings (SSSR count). The number of rotatable bonds is 8. The summed E-state index contributed by atoms with van der Waals surface area (Å²) in [7, 11) is 0. The molecule has 0 aromatic heterocycles. The number of aliphatic hydroxyl groups excluding tert-OH is 1. The summed E-state index contributed by atoms with van der Waals surface area (Å²) >= 11 is 0. The van der Waals surface area contributed by atoms with E-state index in [1.165, 1.54) is 31.2 Å². The van der Waals surface area contributed by atoms with Gasteiger partial charge in [-0.3, -0.25) is 14.4 Å². The monoisotopic (exact) mass is 668 g/mol. The van der Waals surface area contributed by atoms with Crippen molar-refractivity contribution in [3.63, 3.8) is 0 Å². The first-order valence-corrected chi connectivity index (χ1v) is 15.6. The molecule has 2 aliphatic carbocycles. The molecule has 2 saturated carbocycles. The summed E-state index contributed by atoms with van der Waals surface area (Å²) in [5.41, 5.74) is -7.84. The molecule has 2 bridgehead atoms. The quantitative estimate of drug-likeness (QED) is 0.310. The largest absolute Gasteiger partial charge is 0.459 e. The number of ether oxygens (including phenoxy) is 6. The number of aliphatic hydroxyl groups is 2. The molecule has 1 unspecified atom stereocenters. The van der Waals surface area contributed by atoms with Gasteiger partial charge < -0.3 is 38.6 Å². The smallest absolute Gasteiger partial charge is 0.338 e. The summed E-state index contributed by atoms with van der Waals surface area (Å²) in [4.78, 5) is 65.8. The van der Waals surface area contributed by atoms with Gasteiger partial charge in [0.05, 0.1) is 34.9 Å². The zero-order valence-corrected chi connectivity index (χ0v) is 27.5. The van der Waals surface area contributed by atoms with E-state index in [-0.39, 0.29) is 11.1 Å². The molecule has 13 heteroatoms. The van der Waals surface area contributed by atoms with Crippen molar-refractivity contribution in [3.05, 3.63) is 71.8 Å². The Kier molecular flexibility index (Phi) is 9.19. The molecule has 13 nitrogen and oxygen atoms in total. The van der Waals surface area contributed by atoms with E-state index in [1.54, 1.807) is 50.2 Å². The standard InChI is InChI=1S/C35H40O13/c1-19(37)43-24-17-33(6,42)35-28(45-21(3)39)25(32(4,5)48-35)26(46-30(40)22-13-9-7-10-14-22)29(34(35,18-36)27(24)44-20(2)38)47-31(41)23-15-11-8-12-16-23/h7-16,24-29,36,42H,17-18H2,1-6H3/t24-,25?,26-,27-,28+,29-,33-,34-,35-/m0/s1. The van der Waals surface area contributed by atoms with Crippen molar-refractivity contribution in [2.24, 2.45) is 11.3 Å². The first kappa shape index (κ1) is 35.0. The molecule has 3 fully saturated rings. The van der Waals surface area contributed by atoms with Crippen LogP contribution in [0.2, 0.25) is 0 Å². The Labute approximate surface area is 277 Å². The Bertz CT molecular complexity index is 1570. The van der Waals surface area contributed by atoms with Gasteiger partial charge in [0.25, 0.3) is 0 Å². The van der Waals surface area contributed by atoms with E-state index in [0.29, 0.717) is 0 Å². The van der Waals surface area contributed by atoms with Crippen LogP contribution < -0.4 is 0 Å². The van der Waals surface area contributed by atoms with Gasteiger partial charge in [0, 0.05) is 27.2 Å². The lowest BCUT2D eigenvalue weighted by atomic mass is 9.45. The summed E-state index contributed by atoms with van der Waals surface area (Å²) in [6.07, 6.45) is -8.34. The third-order valence-corrected chi connectivity index (χ3v) is 9.71. The maximum atomic E-state index is 13.9. The molecule has 1 saturated heterocycles. The normalized spacial score (nSPS) is 34.6. The Morgan fingerprint density at radius 1 is 0.708 bits per heavy atom. The SMILES string of the molecule is CC(=O)O[C@H]1C[C@](C)(O)[C@@]23OC(C)(C)C([C@H]2OC(C)=O)[C@H](OC(=O)c2ccccc2)[C@H](OC(=O)c2ccccc2)[C@]3(CO)[C@H]1OC(C)=O. The van der Waals surface area contributed by atoms with Crippen molar-refractivity contribution in [1.82, 2.24) is 0 Å². The molecule has 48 heavy (non-hydrogen) atoms. The summed E-state index contributed by atoms with van der Waals surface area (Å²) < 4.78 is 36.6. The number of esters is 5. The number of carbonyl (C=O) groups is 5. The molecule has 0 radical (unpaired) electrons. The van der Waals surface area contributed by atoms with Gasteiger partial charge in [-0.15, -0.1) is 0 Å². The van der Waals surface area contributed by atoms with Crippen LogP contribution in [0.3, 0.4) is 0 Å². The Morgan fingerprint density at radius 2 is 1.19 bits per heavy atom. The Hall–Kier alpha value is -4.33. The molecule has 258 valence electrons. The van der Waals surface area contributed by atoms with Crippen LogP contribution in [0.15, 0.2) is 60.7 Å². The lowest BCUT2D eigenvalue weighted by molar-refractivity contribution is -0.362. The number of hydrogen-bond acceptors (Lipinski definition) is 13. The first-order valence-electron chi connectivity index (χ1n) is 15.6. The molecule has 2 aromatic carbocycles. The van der Waals surface area contributed by atoms with Crippen LogP contribution in [-0.4, -0.2) is 94.0 Å². The van der Waals surface area contributed by atoms with E-state index in [0.717, 1.165) is 20.8 Å². The zero-order valence-electron chi connectivity index (χ0n) is 27.5. The highest BCUT2D eigenvalue weighted by atomic mass is 16.6. The van der Waals surface area contributed by atoms with Gasteiger partial charge in [-0.2, -0.15) is 0 Å². The van der Waals surface area contributed by atoms with Crippen LogP contribution in [0.4, 0.5) is 0 Å². The highest BCUT2D eigenvalue weighted by molar-refractivity contribution is 5.90. The molecule has 9 atom stereocenters. The van der Waals surface area contributed by atoms with Crippen molar-refractivity contribution in [3.8, 4) is 0 Å². The summed E-state index contributed by atoms with van der Waals surface area (Å²) in [6.45, 7) is 6.85. The van der Waals surface area contributed by atoms with Gasteiger partial charge >= 0.3 is 29.8 Å². The van der Waals surface area contributed by atoms with E-state index in [1.807, 2.05) is 0 Å². The molecule has 2 aromatic rings. The number of fused-ring (bicyclic) bond motifs is 1. The predicted octanol–water partition coefficient (Wildman–Crippen LogP) is 2.54. The Balaban J connectivity index is 1.85. The third kappa shape index (κ3) is 5.53. The molecular formula is C35H40O13. The molecule has 1 aliphatic heterocycles. The van der Waals surface area contributed by atoms with Gasteiger partial charge in [0.2, 0.25) is 0 Å². The fourth-order valence-corrected chi connectivity index (χ4v) is 8.19. The number of benzene rings is 2. The van der Waals surface area contributed by atoms with E-state index in [4.69, 9.17) is 28.4 Å². The maximum absolute atomic E-state index is 13.9. The highest BCUT2D eigenvalue weighted by Crippen LogP contribution is 2.69.